The van der Waals surface area contributed by atoms with Crippen LogP contribution < -0.4 is 9.47 Å². The molecular weight excluding hydrogens is 312 g/mol. The van der Waals surface area contributed by atoms with Crippen LogP contribution in [0, 0.1) is 4.77 Å². The highest BCUT2D eigenvalue weighted by atomic mass is 32.2. The zero-order chi connectivity index (χ0) is 15.6. The summed E-state index contributed by atoms with van der Waals surface area (Å²) in [6.07, 6.45) is 0. The van der Waals surface area contributed by atoms with Crippen molar-refractivity contribution in [3.63, 3.8) is 0 Å². The van der Waals surface area contributed by atoms with Gasteiger partial charge >= 0.3 is 0 Å². The lowest BCUT2D eigenvalue weighted by Gasteiger charge is -2.09. The molecule has 0 fully saturated rings. The molecule has 116 valence electrons. The van der Waals surface area contributed by atoms with Crippen LogP contribution in [-0.4, -0.2) is 43.7 Å². The fourth-order valence-electron chi connectivity index (χ4n) is 2.08. The maximum absolute atomic E-state index is 11.7. The number of hydrogen-bond acceptors (Lipinski definition) is 5. The van der Waals surface area contributed by atoms with Gasteiger partial charge in [0.05, 0.1) is 31.0 Å². The molecule has 21 heavy (non-hydrogen) atoms. The van der Waals surface area contributed by atoms with Gasteiger partial charge in [-0.15, -0.1) is 0 Å². The number of hydrogen-bond donors (Lipinski definition) is 1. The van der Waals surface area contributed by atoms with Crippen molar-refractivity contribution < 1.29 is 17.9 Å². The minimum absolute atomic E-state index is 0.0547. The Labute approximate surface area is 128 Å². The van der Waals surface area contributed by atoms with E-state index in [1.54, 1.807) is 37.8 Å². The van der Waals surface area contributed by atoms with Crippen LogP contribution in [0.15, 0.2) is 12.1 Å². The molecule has 0 saturated heterocycles. The lowest BCUT2D eigenvalue weighted by atomic mass is 10.2. The minimum atomic E-state index is -3.05. The first-order valence-electron chi connectivity index (χ1n) is 6.46. The Kier molecular flexibility index (Phi) is 4.58. The van der Waals surface area contributed by atoms with Gasteiger partial charge < -0.3 is 19.0 Å². The molecule has 8 heteroatoms. The number of methoxy groups -OCH3 is 2. The maximum atomic E-state index is 11.7. The summed E-state index contributed by atoms with van der Waals surface area (Å²) in [7, 11) is 0.0646. The number of nitrogens with zero attached hydrogens (tertiary/aromatic N) is 1. The van der Waals surface area contributed by atoms with Crippen molar-refractivity contribution in [3.05, 3.63) is 16.9 Å². The Balaban J connectivity index is 2.49. The molecule has 0 radical (unpaired) electrons. The summed E-state index contributed by atoms with van der Waals surface area (Å²) in [4.78, 5) is 3.05. The van der Waals surface area contributed by atoms with Crippen molar-refractivity contribution in [2.45, 2.75) is 13.5 Å². The van der Waals surface area contributed by atoms with Gasteiger partial charge in [-0.25, -0.2) is 8.42 Å². The van der Waals surface area contributed by atoms with E-state index in [1.165, 1.54) is 0 Å². The smallest absolute Gasteiger partial charge is 0.178 e. The minimum Gasteiger partial charge on any atom is -0.493 e. The molecular formula is C13H18N2O4S2. The molecule has 0 amide bonds. The second-order valence-corrected chi connectivity index (χ2v) is 7.40. The van der Waals surface area contributed by atoms with Crippen molar-refractivity contribution in [2.75, 3.05) is 25.7 Å². The van der Waals surface area contributed by atoms with Crippen LogP contribution in [0.2, 0.25) is 0 Å². The highest BCUT2D eigenvalue weighted by Gasteiger charge is 2.13. The summed E-state index contributed by atoms with van der Waals surface area (Å²) in [6.45, 7) is 1.95. The molecule has 2 rings (SSSR count). The summed E-state index contributed by atoms with van der Waals surface area (Å²) < 4.78 is 36.1. The highest BCUT2D eigenvalue weighted by Crippen LogP contribution is 2.31. The van der Waals surface area contributed by atoms with Gasteiger partial charge in [-0.1, -0.05) is 6.92 Å². The highest BCUT2D eigenvalue weighted by molar-refractivity contribution is 7.91. The lowest BCUT2D eigenvalue weighted by molar-refractivity contribution is 0.355. The third-order valence-electron chi connectivity index (χ3n) is 3.35. The number of rotatable bonds is 6. The summed E-state index contributed by atoms with van der Waals surface area (Å²) >= 11 is 5.27. The first-order chi connectivity index (χ1) is 9.91. The van der Waals surface area contributed by atoms with Gasteiger partial charge in [0.15, 0.2) is 26.1 Å². The summed E-state index contributed by atoms with van der Waals surface area (Å²) in [6, 6.07) is 3.58. The van der Waals surface area contributed by atoms with Gasteiger partial charge in [-0.2, -0.15) is 0 Å². The fraction of sp³-hybridized carbons (Fsp3) is 0.462. The number of fused-ring (bicyclic) bond motifs is 1. The Morgan fingerprint density at radius 3 is 2.43 bits per heavy atom. The van der Waals surface area contributed by atoms with Crippen LogP contribution in [0.4, 0.5) is 0 Å². The molecule has 0 unspecified atom stereocenters. The molecule has 1 aromatic heterocycles. The maximum Gasteiger partial charge on any atom is 0.178 e. The molecule has 0 bridgehead atoms. The van der Waals surface area contributed by atoms with Crippen molar-refractivity contribution in [1.82, 2.24) is 9.55 Å². The largest absolute Gasteiger partial charge is 0.493 e. The second kappa shape index (κ2) is 6.07. The summed E-state index contributed by atoms with van der Waals surface area (Å²) in [5, 5.41) is 0. The second-order valence-electron chi connectivity index (χ2n) is 4.54. The van der Waals surface area contributed by atoms with Gasteiger partial charge in [0.2, 0.25) is 0 Å². The van der Waals surface area contributed by atoms with Crippen LogP contribution in [0.3, 0.4) is 0 Å². The van der Waals surface area contributed by atoms with E-state index in [4.69, 9.17) is 21.7 Å². The number of sulfone groups is 1. The van der Waals surface area contributed by atoms with Crippen molar-refractivity contribution in [1.29, 1.82) is 0 Å². The van der Waals surface area contributed by atoms with E-state index in [2.05, 4.69) is 4.98 Å². The normalized spacial score (nSPS) is 11.8. The van der Waals surface area contributed by atoms with Crippen LogP contribution in [0.1, 0.15) is 6.92 Å². The lowest BCUT2D eigenvalue weighted by Crippen LogP contribution is -2.14. The quantitative estimate of drug-likeness (QED) is 0.822. The van der Waals surface area contributed by atoms with E-state index in [-0.39, 0.29) is 11.5 Å². The Hall–Kier alpha value is -1.54. The molecule has 1 heterocycles. The van der Waals surface area contributed by atoms with Crippen LogP contribution in [-0.2, 0) is 16.4 Å². The number of benzene rings is 1. The SMILES string of the molecule is CCS(=O)(=O)CCn1c(=S)[nH]c2cc(OC)c(OC)cc21. The van der Waals surface area contributed by atoms with Crippen molar-refractivity contribution in [2.24, 2.45) is 0 Å². The van der Waals surface area contributed by atoms with Crippen molar-refractivity contribution in [3.8, 4) is 11.5 Å². The third kappa shape index (κ3) is 3.21. The molecule has 2 aromatic rings. The van der Waals surface area contributed by atoms with Gasteiger partial charge in [0.1, 0.15) is 0 Å². The van der Waals surface area contributed by atoms with Crippen LogP contribution in [0.25, 0.3) is 11.0 Å². The predicted octanol–water partition coefficient (Wildman–Crippen LogP) is 2.15. The molecule has 0 aliphatic carbocycles. The van der Waals surface area contributed by atoms with Gasteiger partial charge in [0.25, 0.3) is 0 Å². The molecule has 1 N–H and O–H groups in total. The van der Waals surface area contributed by atoms with E-state index >= 15 is 0 Å². The first-order valence-corrected chi connectivity index (χ1v) is 8.69. The number of H-pyrrole nitrogens is 1. The fourth-order valence-corrected chi connectivity index (χ4v) is 3.13. The molecule has 0 aliphatic heterocycles. The topological polar surface area (TPSA) is 73.3 Å². The average molecular weight is 330 g/mol. The standard InChI is InChI=1S/C13H18N2O4S2/c1-4-21(16,17)6-5-15-10-8-12(19-3)11(18-2)7-9(10)14-13(15)20/h7-8H,4-6H2,1-3H3,(H,14,20). The number of aryl methyl sites for hydroxylation is 1. The van der Waals surface area contributed by atoms with Crippen molar-refractivity contribution >= 4 is 33.1 Å². The van der Waals surface area contributed by atoms with Gasteiger partial charge in [-0.05, 0) is 12.2 Å². The molecule has 0 spiro atoms. The Morgan fingerprint density at radius 1 is 1.24 bits per heavy atom. The van der Waals surface area contributed by atoms with Crippen LogP contribution >= 0.6 is 12.2 Å². The molecule has 0 atom stereocenters. The molecule has 0 saturated carbocycles. The van der Waals surface area contributed by atoms with Crippen LogP contribution in [0.5, 0.6) is 11.5 Å². The number of imidazole rings is 1. The molecule has 6 nitrogen and oxygen atoms in total. The average Bonchev–Trinajstić information content (AvgIpc) is 2.78. The monoisotopic (exact) mass is 330 g/mol. The first kappa shape index (κ1) is 15.8. The van der Waals surface area contributed by atoms with E-state index < -0.39 is 9.84 Å². The number of nitrogens with one attached hydrogen (secondary N) is 1. The summed E-state index contributed by atoms with van der Waals surface area (Å²) in [5.74, 6) is 1.35. The summed E-state index contributed by atoms with van der Waals surface area (Å²) in [5.41, 5.74) is 1.58. The van der Waals surface area contributed by atoms with E-state index in [0.717, 1.165) is 11.0 Å². The number of ether oxygens (including phenoxy) is 2. The zero-order valence-electron chi connectivity index (χ0n) is 12.2. The Bertz CT molecular complexity index is 805. The van der Waals surface area contributed by atoms with Gasteiger partial charge in [-0.3, -0.25) is 0 Å². The predicted molar refractivity (Wildman–Crippen MR) is 84.6 cm³/mol. The number of aromatic amines is 1. The zero-order valence-corrected chi connectivity index (χ0v) is 13.8. The number of aromatic nitrogens is 2. The molecule has 0 aliphatic rings. The van der Waals surface area contributed by atoms with Gasteiger partial charge in [0, 0.05) is 24.4 Å². The van der Waals surface area contributed by atoms with E-state index in [9.17, 15) is 8.42 Å². The van der Waals surface area contributed by atoms with E-state index in [0.29, 0.717) is 22.8 Å². The Morgan fingerprint density at radius 2 is 1.86 bits per heavy atom. The molecule has 1 aromatic carbocycles. The third-order valence-corrected chi connectivity index (χ3v) is 5.35. The van der Waals surface area contributed by atoms with E-state index in [1.807, 2.05) is 0 Å².